The smallest absolute Gasteiger partial charge is 0.149 e. The molecule has 2 N–H and O–H groups in total. The molecule has 0 radical (unpaired) electrons. The first-order valence-corrected chi connectivity index (χ1v) is 9.09. The summed E-state index contributed by atoms with van der Waals surface area (Å²) in [5, 5.41) is 5.09. The number of nitrogens with zero attached hydrogens (tertiary/aromatic N) is 2. The zero-order chi connectivity index (χ0) is 20.3. The van der Waals surface area contributed by atoms with Gasteiger partial charge in [-0.05, 0) is 67.7 Å². The van der Waals surface area contributed by atoms with Gasteiger partial charge in [0.15, 0.2) is 0 Å². The fraction of sp³-hybridized carbons (Fsp3) is 0.318. The minimum absolute atomic E-state index is 0.0397. The average Bonchev–Trinajstić information content (AvgIpc) is 2.99. The highest BCUT2D eigenvalue weighted by molar-refractivity contribution is 5.93. The molecule has 0 atom stereocenters. The maximum absolute atomic E-state index is 14.7. The number of aryl methyl sites for hydroxylation is 2. The molecule has 0 aliphatic carbocycles. The van der Waals surface area contributed by atoms with Gasteiger partial charge in [-0.2, -0.15) is 5.10 Å². The summed E-state index contributed by atoms with van der Waals surface area (Å²) in [4.78, 5) is 0. The minimum atomic E-state index is -0.517. The monoisotopic (exact) mass is 371 g/mol. The summed E-state index contributed by atoms with van der Waals surface area (Å²) in [6.07, 6.45) is 3.03. The molecule has 0 aliphatic heterocycles. The molecule has 0 spiro atoms. The van der Waals surface area contributed by atoms with Gasteiger partial charge in [0, 0.05) is 11.9 Å². The van der Waals surface area contributed by atoms with E-state index in [1.165, 1.54) is 12.1 Å². The zero-order valence-corrected chi connectivity index (χ0v) is 16.5. The van der Waals surface area contributed by atoms with Crippen LogP contribution in [0.2, 0.25) is 0 Å². The molecule has 0 fully saturated rings. The van der Waals surface area contributed by atoms with Crippen LogP contribution in [0.25, 0.3) is 16.5 Å². The van der Waals surface area contributed by atoms with Crippen LogP contribution in [-0.4, -0.2) is 9.78 Å². The Morgan fingerprint density at radius 1 is 1.30 bits per heavy atom. The molecule has 1 aromatic heterocycles. The van der Waals surface area contributed by atoms with Gasteiger partial charge in [0.2, 0.25) is 0 Å². The third-order valence-electron chi connectivity index (χ3n) is 4.54. The first-order valence-electron chi connectivity index (χ1n) is 9.09. The van der Waals surface area contributed by atoms with Crippen LogP contribution in [0.3, 0.4) is 0 Å². The second-order valence-electron chi connectivity index (χ2n) is 6.72. The van der Waals surface area contributed by atoms with Crippen LogP contribution < -0.4 is 5.73 Å². The third kappa shape index (κ3) is 4.18. The SMILES string of the molecule is C=C(CCC)/C(C)=C(F)/C(N)=C\C(=C)c1nn(CC)c2c(F)cc(C)cc12. The Bertz CT molecular complexity index is 962. The van der Waals surface area contributed by atoms with Gasteiger partial charge in [-0.15, -0.1) is 0 Å². The fourth-order valence-electron chi connectivity index (χ4n) is 3.05. The highest BCUT2D eigenvalue weighted by atomic mass is 19.1. The maximum Gasteiger partial charge on any atom is 0.149 e. The zero-order valence-electron chi connectivity index (χ0n) is 16.5. The maximum atomic E-state index is 14.7. The van der Waals surface area contributed by atoms with Crippen molar-refractivity contribution in [1.82, 2.24) is 9.78 Å². The van der Waals surface area contributed by atoms with Crippen molar-refractivity contribution in [3.63, 3.8) is 0 Å². The van der Waals surface area contributed by atoms with Crippen LogP contribution in [0.1, 0.15) is 44.9 Å². The van der Waals surface area contributed by atoms with Gasteiger partial charge in [0.05, 0.1) is 11.4 Å². The van der Waals surface area contributed by atoms with Gasteiger partial charge in [-0.3, -0.25) is 4.68 Å². The molecule has 2 aromatic rings. The van der Waals surface area contributed by atoms with Gasteiger partial charge in [0.1, 0.15) is 17.2 Å². The summed E-state index contributed by atoms with van der Waals surface area (Å²) < 4.78 is 30.7. The Hall–Kier alpha value is -2.69. The van der Waals surface area contributed by atoms with E-state index in [0.29, 0.717) is 40.7 Å². The molecule has 1 heterocycles. The van der Waals surface area contributed by atoms with Crippen LogP contribution in [0.4, 0.5) is 8.78 Å². The number of nitrogens with two attached hydrogens (primary N) is 1. The number of fused-ring (bicyclic) bond motifs is 1. The van der Waals surface area contributed by atoms with Crippen LogP contribution in [0, 0.1) is 12.7 Å². The lowest BCUT2D eigenvalue weighted by atomic mass is 10.0. The van der Waals surface area contributed by atoms with Gasteiger partial charge in [-0.1, -0.05) is 26.5 Å². The van der Waals surface area contributed by atoms with Crippen molar-refractivity contribution in [2.45, 2.75) is 47.1 Å². The Morgan fingerprint density at radius 3 is 2.56 bits per heavy atom. The van der Waals surface area contributed by atoms with E-state index in [-0.39, 0.29) is 11.5 Å². The summed E-state index contributed by atoms with van der Waals surface area (Å²) in [5.74, 6) is -0.857. The first-order chi connectivity index (χ1) is 12.7. The Kier molecular flexibility index (Phi) is 6.37. The number of rotatable bonds is 7. The van der Waals surface area contributed by atoms with E-state index in [4.69, 9.17) is 5.73 Å². The predicted molar refractivity (Wildman–Crippen MR) is 109 cm³/mol. The van der Waals surface area contributed by atoms with E-state index in [0.717, 1.165) is 17.6 Å². The molecule has 0 saturated carbocycles. The van der Waals surface area contributed by atoms with Gasteiger partial charge < -0.3 is 5.73 Å². The fourth-order valence-corrected chi connectivity index (χ4v) is 3.05. The standard InChI is InChI=1S/C22H27F2N3/c1-7-9-14(4)16(6)20(24)19(25)12-15(5)21-17-10-13(3)11-18(23)22(17)27(8-2)26-21/h10-12H,4-5,7-9,25H2,1-3,6H3/b19-12+,20-16-. The van der Waals surface area contributed by atoms with Gasteiger partial charge >= 0.3 is 0 Å². The molecule has 5 heteroatoms. The molecule has 2 rings (SSSR count). The van der Waals surface area contributed by atoms with E-state index in [1.807, 2.05) is 26.8 Å². The van der Waals surface area contributed by atoms with Crippen molar-refractivity contribution in [2.75, 3.05) is 0 Å². The van der Waals surface area contributed by atoms with E-state index < -0.39 is 5.83 Å². The molecule has 27 heavy (non-hydrogen) atoms. The molecular weight excluding hydrogens is 344 g/mol. The van der Waals surface area contributed by atoms with Crippen LogP contribution in [0.15, 0.2) is 54.0 Å². The number of hydrogen-bond acceptors (Lipinski definition) is 2. The summed E-state index contributed by atoms with van der Waals surface area (Å²) in [5.41, 5.74) is 9.18. The van der Waals surface area contributed by atoms with E-state index in [9.17, 15) is 8.78 Å². The van der Waals surface area contributed by atoms with Crippen LogP contribution in [0.5, 0.6) is 0 Å². The summed E-state index contributed by atoms with van der Waals surface area (Å²) >= 11 is 0. The molecule has 0 unspecified atom stereocenters. The van der Waals surface area contributed by atoms with Crippen molar-refractivity contribution < 1.29 is 8.78 Å². The average molecular weight is 371 g/mol. The lowest BCUT2D eigenvalue weighted by Gasteiger charge is -2.08. The van der Waals surface area contributed by atoms with E-state index in [1.54, 1.807) is 11.6 Å². The number of halogens is 2. The predicted octanol–water partition coefficient (Wildman–Crippen LogP) is 5.96. The summed E-state index contributed by atoms with van der Waals surface area (Å²) in [6, 6.07) is 3.32. The molecule has 0 saturated heterocycles. The topological polar surface area (TPSA) is 43.8 Å². The van der Waals surface area contributed by atoms with E-state index in [2.05, 4.69) is 18.3 Å². The van der Waals surface area contributed by atoms with Crippen molar-refractivity contribution in [1.29, 1.82) is 0 Å². The second-order valence-corrected chi connectivity index (χ2v) is 6.72. The molecular formula is C22H27F2N3. The molecule has 0 amide bonds. The van der Waals surface area contributed by atoms with Crippen molar-refractivity contribution in [2.24, 2.45) is 5.73 Å². The van der Waals surface area contributed by atoms with Crippen molar-refractivity contribution in [3.8, 4) is 0 Å². The second kappa shape index (κ2) is 8.33. The lowest BCUT2D eigenvalue weighted by Crippen LogP contribution is -2.02. The first kappa shape index (κ1) is 20.6. The molecule has 3 nitrogen and oxygen atoms in total. The normalized spacial score (nSPS) is 13.0. The Labute approximate surface area is 159 Å². The number of benzene rings is 1. The van der Waals surface area contributed by atoms with Gasteiger partial charge in [0.25, 0.3) is 0 Å². The van der Waals surface area contributed by atoms with Crippen molar-refractivity contribution >= 4 is 16.5 Å². The molecule has 0 aliphatic rings. The number of aromatic nitrogens is 2. The molecule has 0 bridgehead atoms. The summed E-state index contributed by atoms with van der Waals surface area (Å²) in [7, 11) is 0. The van der Waals surface area contributed by atoms with Crippen LogP contribution >= 0.6 is 0 Å². The number of hydrogen-bond donors (Lipinski definition) is 1. The highest BCUT2D eigenvalue weighted by Gasteiger charge is 2.17. The quantitative estimate of drug-likeness (QED) is 0.610. The number of allylic oxidation sites excluding steroid dienone is 5. The summed E-state index contributed by atoms with van der Waals surface area (Å²) in [6.45, 7) is 15.8. The van der Waals surface area contributed by atoms with Crippen molar-refractivity contribution in [3.05, 3.63) is 71.1 Å². The van der Waals surface area contributed by atoms with E-state index >= 15 is 0 Å². The molecule has 144 valence electrons. The minimum Gasteiger partial charge on any atom is -0.396 e. The molecule has 1 aromatic carbocycles. The lowest BCUT2D eigenvalue weighted by molar-refractivity contribution is 0.608. The highest BCUT2D eigenvalue weighted by Crippen LogP contribution is 2.29. The third-order valence-corrected chi connectivity index (χ3v) is 4.54. The van der Waals surface area contributed by atoms with Gasteiger partial charge in [-0.25, -0.2) is 8.78 Å². The Morgan fingerprint density at radius 2 is 1.96 bits per heavy atom. The largest absolute Gasteiger partial charge is 0.396 e. The Balaban J connectivity index is 2.51. The van der Waals surface area contributed by atoms with Crippen LogP contribution in [-0.2, 0) is 6.54 Å².